The lowest BCUT2D eigenvalue weighted by Gasteiger charge is -2.31. The number of hydrogen-bond donors (Lipinski definition) is 2. The lowest BCUT2D eigenvalue weighted by atomic mass is 10.0. The Morgan fingerprint density at radius 1 is 1.27 bits per heavy atom. The number of methoxy groups -OCH3 is 1. The first kappa shape index (κ1) is 21.5. The molecule has 166 valence electrons. The maximum absolute atomic E-state index is 13.5. The van der Waals surface area contributed by atoms with Crippen molar-refractivity contribution < 1.29 is 22.7 Å². The second-order valence-corrected chi connectivity index (χ2v) is 9.96. The monoisotopic (exact) mass is 438 g/mol. The zero-order chi connectivity index (χ0) is 21.3. The van der Waals surface area contributed by atoms with Crippen molar-refractivity contribution in [2.75, 3.05) is 39.9 Å². The number of ether oxygens (including phenoxy) is 2. The standard InChI is InChI=1S/C20H30N4O5S/c1-14-15(13-21-22-14)20(25)23-9-7-16-17(8-10-23)29-18-5-3-4-6-19(18)30(26,27)24(16)11-12-28-2/h3-6,14-17,21-22H,7-13H2,1-2H3/t14?,15?,16-,17-/m1/s1. The Kier molecular flexibility index (Phi) is 6.31. The summed E-state index contributed by atoms with van der Waals surface area (Å²) in [4.78, 5) is 15.1. The summed E-state index contributed by atoms with van der Waals surface area (Å²) in [5.74, 6) is 0.357. The summed E-state index contributed by atoms with van der Waals surface area (Å²) in [6.45, 7) is 4.18. The molecule has 2 unspecified atom stereocenters. The molecule has 9 nitrogen and oxygen atoms in total. The van der Waals surface area contributed by atoms with E-state index in [2.05, 4.69) is 10.9 Å². The van der Waals surface area contributed by atoms with E-state index in [1.807, 2.05) is 11.8 Å². The fourth-order valence-electron chi connectivity index (χ4n) is 4.59. The highest BCUT2D eigenvalue weighted by atomic mass is 32.2. The van der Waals surface area contributed by atoms with Gasteiger partial charge in [-0.3, -0.25) is 15.6 Å². The number of para-hydroxylation sites is 1. The van der Waals surface area contributed by atoms with Gasteiger partial charge < -0.3 is 14.4 Å². The highest BCUT2D eigenvalue weighted by Crippen LogP contribution is 2.36. The van der Waals surface area contributed by atoms with Gasteiger partial charge in [0, 0.05) is 45.8 Å². The lowest BCUT2D eigenvalue weighted by Crippen LogP contribution is -2.48. The molecule has 0 bridgehead atoms. The Bertz CT molecular complexity index is 880. The molecule has 0 saturated carbocycles. The predicted molar refractivity (Wildman–Crippen MR) is 110 cm³/mol. The van der Waals surface area contributed by atoms with Crippen LogP contribution in [0.25, 0.3) is 0 Å². The third-order valence-electron chi connectivity index (χ3n) is 6.29. The summed E-state index contributed by atoms with van der Waals surface area (Å²) < 4.78 is 39.9. The minimum atomic E-state index is -3.74. The van der Waals surface area contributed by atoms with Crippen LogP contribution in [0.2, 0.25) is 0 Å². The number of amides is 1. The van der Waals surface area contributed by atoms with Crippen molar-refractivity contribution in [3.05, 3.63) is 24.3 Å². The minimum absolute atomic E-state index is 0.0629. The molecular weight excluding hydrogens is 408 g/mol. The van der Waals surface area contributed by atoms with E-state index in [-0.39, 0.29) is 41.5 Å². The lowest BCUT2D eigenvalue weighted by molar-refractivity contribution is -0.135. The van der Waals surface area contributed by atoms with Crippen LogP contribution in [-0.4, -0.2) is 81.6 Å². The van der Waals surface area contributed by atoms with Gasteiger partial charge >= 0.3 is 0 Å². The summed E-state index contributed by atoms with van der Waals surface area (Å²) in [6, 6.07) is 6.49. The number of hydrazine groups is 1. The Hall–Kier alpha value is -1.72. The Labute approximate surface area is 177 Å². The van der Waals surface area contributed by atoms with Crippen LogP contribution < -0.4 is 15.6 Å². The van der Waals surface area contributed by atoms with Crippen molar-refractivity contribution in [3.8, 4) is 5.75 Å². The summed E-state index contributed by atoms with van der Waals surface area (Å²) in [6.07, 6.45) is 0.774. The van der Waals surface area contributed by atoms with Gasteiger partial charge in [0.15, 0.2) is 0 Å². The number of fused-ring (bicyclic) bond motifs is 2. The van der Waals surface area contributed by atoms with Gasteiger partial charge in [-0.2, -0.15) is 4.31 Å². The zero-order valence-corrected chi connectivity index (χ0v) is 18.2. The van der Waals surface area contributed by atoms with E-state index in [1.54, 1.807) is 31.4 Å². The minimum Gasteiger partial charge on any atom is -0.487 e. The van der Waals surface area contributed by atoms with Crippen LogP contribution >= 0.6 is 0 Å². The smallest absolute Gasteiger partial charge is 0.247 e. The number of nitrogens with one attached hydrogen (secondary N) is 2. The van der Waals surface area contributed by atoms with E-state index < -0.39 is 10.0 Å². The topological polar surface area (TPSA) is 100 Å². The molecule has 1 aromatic rings. The number of nitrogens with zero attached hydrogens (tertiary/aromatic N) is 2. The molecule has 3 aliphatic heterocycles. The normalized spacial score (nSPS) is 31.2. The molecule has 0 radical (unpaired) electrons. The first-order valence-electron chi connectivity index (χ1n) is 10.5. The third-order valence-corrected chi connectivity index (χ3v) is 8.26. The van der Waals surface area contributed by atoms with Gasteiger partial charge in [0.05, 0.1) is 18.6 Å². The van der Waals surface area contributed by atoms with Crippen LogP contribution in [0.3, 0.4) is 0 Å². The number of benzene rings is 1. The molecule has 3 heterocycles. The number of likely N-dealkylation sites (tertiary alicyclic amines) is 1. The molecule has 1 aromatic carbocycles. The van der Waals surface area contributed by atoms with Crippen molar-refractivity contribution in [3.63, 3.8) is 0 Å². The van der Waals surface area contributed by atoms with E-state index in [9.17, 15) is 13.2 Å². The first-order chi connectivity index (χ1) is 14.4. The SMILES string of the molecule is COCCN1[C@@H]2CCN(C(=O)C3CNNC3C)CC[C@H]2Oc2ccccc2S1(=O)=O. The molecule has 0 spiro atoms. The Morgan fingerprint density at radius 3 is 2.77 bits per heavy atom. The van der Waals surface area contributed by atoms with Gasteiger partial charge in [-0.05, 0) is 25.5 Å². The van der Waals surface area contributed by atoms with Crippen LogP contribution in [0, 0.1) is 5.92 Å². The first-order valence-corrected chi connectivity index (χ1v) is 11.9. The summed E-state index contributed by atoms with van der Waals surface area (Å²) >= 11 is 0. The molecule has 0 aromatic heterocycles. The van der Waals surface area contributed by atoms with Crippen molar-refractivity contribution in [1.82, 2.24) is 20.1 Å². The second kappa shape index (κ2) is 8.80. The van der Waals surface area contributed by atoms with Gasteiger partial charge in [0.1, 0.15) is 16.7 Å². The molecule has 10 heteroatoms. The van der Waals surface area contributed by atoms with Crippen molar-refractivity contribution in [1.29, 1.82) is 0 Å². The van der Waals surface area contributed by atoms with E-state index in [0.717, 1.165) is 0 Å². The molecular formula is C20H30N4O5S. The van der Waals surface area contributed by atoms with E-state index in [4.69, 9.17) is 9.47 Å². The summed E-state index contributed by atoms with van der Waals surface area (Å²) in [7, 11) is -2.18. The summed E-state index contributed by atoms with van der Waals surface area (Å²) in [5.41, 5.74) is 6.14. The fraction of sp³-hybridized carbons (Fsp3) is 0.650. The van der Waals surface area contributed by atoms with Crippen molar-refractivity contribution in [2.24, 2.45) is 5.92 Å². The molecule has 1 amide bonds. The molecule has 3 aliphatic rings. The maximum atomic E-state index is 13.5. The molecule has 2 fully saturated rings. The zero-order valence-electron chi connectivity index (χ0n) is 17.4. The second-order valence-electron chi connectivity index (χ2n) is 8.10. The quantitative estimate of drug-likeness (QED) is 0.692. The number of sulfonamides is 1. The number of hydrogen-bond acceptors (Lipinski definition) is 7. The number of rotatable bonds is 4. The highest BCUT2D eigenvalue weighted by molar-refractivity contribution is 7.89. The van der Waals surface area contributed by atoms with Gasteiger partial charge in [-0.1, -0.05) is 12.1 Å². The number of carbonyl (C=O) groups excluding carboxylic acids is 1. The van der Waals surface area contributed by atoms with Crippen LogP contribution in [0.4, 0.5) is 0 Å². The molecule has 2 N–H and O–H groups in total. The van der Waals surface area contributed by atoms with Crippen molar-refractivity contribution >= 4 is 15.9 Å². The number of carbonyl (C=O) groups is 1. The van der Waals surface area contributed by atoms with E-state index in [1.165, 1.54) is 4.31 Å². The van der Waals surface area contributed by atoms with Crippen LogP contribution in [0.1, 0.15) is 19.8 Å². The van der Waals surface area contributed by atoms with Gasteiger partial charge in [0.2, 0.25) is 15.9 Å². The van der Waals surface area contributed by atoms with E-state index in [0.29, 0.717) is 44.8 Å². The van der Waals surface area contributed by atoms with Crippen molar-refractivity contribution in [2.45, 2.75) is 42.8 Å². The third kappa shape index (κ3) is 3.94. The molecule has 4 atom stereocenters. The van der Waals surface area contributed by atoms with Gasteiger partial charge in [-0.25, -0.2) is 8.42 Å². The average Bonchev–Trinajstić information content (AvgIpc) is 3.01. The fourth-order valence-corrected chi connectivity index (χ4v) is 6.37. The van der Waals surface area contributed by atoms with E-state index >= 15 is 0 Å². The average molecular weight is 439 g/mol. The Morgan fingerprint density at radius 2 is 2.03 bits per heavy atom. The molecule has 2 saturated heterocycles. The largest absolute Gasteiger partial charge is 0.487 e. The van der Waals surface area contributed by atoms with Crippen LogP contribution in [0.5, 0.6) is 5.75 Å². The maximum Gasteiger partial charge on any atom is 0.247 e. The van der Waals surface area contributed by atoms with Gasteiger partial charge in [0.25, 0.3) is 0 Å². The van der Waals surface area contributed by atoms with Gasteiger partial charge in [-0.15, -0.1) is 0 Å². The van der Waals surface area contributed by atoms with Crippen LogP contribution in [-0.2, 0) is 19.6 Å². The summed E-state index contributed by atoms with van der Waals surface area (Å²) in [5, 5.41) is 0. The highest BCUT2D eigenvalue weighted by Gasteiger charge is 2.44. The molecule has 4 rings (SSSR count). The van der Waals surface area contributed by atoms with Crippen LogP contribution in [0.15, 0.2) is 29.2 Å². The predicted octanol–water partition coefficient (Wildman–Crippen LogP) is 0.188. The molecule has 0 aliphatic carbocycles. The molecule has 30 heavy (non-hydrogen) atoms. The Balaban J connectivity index is 1.61.